The number of anilines is 1. The van der Waals surface area contributed by atoms with Crippen LogP contribution in [0.2, 0.25) is 0 Å². The fourth-order valence-corrected chi connectivity index (χ4v) is 3.07. The highest BCUT2D eigenvalue weighted by molar-refractivity contribution is 5.92. The fourth-order valence-electron chi connectivity index (χ4n) is 3.07. The first-order valence-corrected chi connectivity index (χ1v) is 8.30. The molecule has 0 radical (unpaired) electrons. The van der Waals surface area contributed by atoms with E-state index in [0.717, 1.165) is 16.8 Å². The molecule has 1 aliphatic rings. The Balaban J connectivity index is 2.23. The average Bonchev–Trinajstić information content (AvgIpc) is 2.93. The summed E-state index contributed by atoms with van der Waals surface area (Å²) in [7, 11) is 0. The van der Waals surface area contributed by atoms with Crippen LogP contribution in [0.15, 0.2) is 30.9 Å². The SMILES string of the molecule is C=CCc1cccc(C(C)C)c1NC(=O)N1CCC(C)(C(=O)O)C1. The minimum atomic E-state index is -0.862. The Bertz CT molecular complexity index is 654. The molecule has 24 heavy (non-hydrogen) atoms. The summed E-state index contributed by atoms with van der Waals surface area (Å²) in [5, 5.41) is 12.3. The van der Waals surface area contributed by atoms with E-state index in [1.165, 1.54) is 0 Å². The number of amides is 2. The molecule has 0 aromatic heterocycles. The zero-order chi connectivity index (χ0) is 17.9. The van der Waals surface area contributed by atoms with E-state index in [1.807, 2.05) is 24.3 Å². The number of carboxylic acid groups (broad SMARTS) is 1. The van der Waals surface area contributed by atoms with Crippen molar-refractivity contribution in [3.63, 3.8) is 0 Å². The lowest BCUT2D eigenvalue weighted by Gasteiger charge is -2.23. The van der Waals surface area contributed by atoms with Crippen molar-refractivity contribution in [3.05, 3.63) is 42.0 Å². The lowest BCUT2D eigenvalue weighted by molar-refractivity contribution is -0.146. The van der Waals surface area contributed by atoms with Crippen LogP contribution in [0.3, 0.4) is 0 Å². The Morgan fingerprint density at radius 3 is 2.71 bits per heavy atom. The number of nitrogens with one attached hydrogen (secondary N) is 1. The van der Waals surface area contributed by atoms with Gasteiger partial charge in [-0.3, -0.25) is 4.79 Å². The van der Waals surface area contributed by atoms with E-state index in [0.29, 0.717) is 19.4 Å². The Labute approximate surface area is 143 Å². The van der Waals surface area contributed by atoms with Gasteiger partial charge in [0.15, 0.2) is 0 Å². The molecule has 0 saturated carbocycles. The standard InChI is InChI=1S/C19H26N2O3/c1-5-7-14-8-6-9-15(13(2)3)16(14)20-18(24)21-11-10-19(4,12-21)17(22)23/h5-6,8-9,13H,1,7,10-12H2,2-4H3,(H,20,24)(H,22,23). The van der Waals surface area contributed by atoms with Crippen molar-refractivity contribution in [2.24, 2.45) is 5.41 Å². The molecule has 5 nitrogen and oxygen atoms in total. The quantitative estimate of drug-likeness (QED) is 0.805. The molecule has 1 aromatic rings. The lowest BCUT2D eigenvalue weighted by atomic mass is 9.90. The highest BCUT2D eigenvalue weighted by Gasteiger charge is 2.42. The topological polar surface area (TPSA) is 69.6 Å². The highest BCUT2D eigenvalue weighted by Crippen LogP contribution is 2.32. The highest BCUT2D eigenvalue weighted by atomic mass is 16.4. The van der Waals surface area contributed by atoms with Gasteiger partial charge in [0.1, 0.15) is 0 Å². The van der Waals surface area contributed by atoms with Gasteiger partial charge in [-0.05, 0) is 36.8 Å². The maximum Gasteiger partial charge on any atom is 0.321 e. The third-order valence-electron chi connectivity index (χ3n) is 4.68. The van der Waals surface area contributed by atoms with E-state index in [1.54, 1.807) is 11.8 Å². The van der Waals surface area contributed by atoms with Crippen molar-refractivity contribution in [3.8, 4) is 0 Å². The van der Waals surface area contributed by atoms with Crippen LogP contribution in [-0.4, -0.2) is 35.1 Å². The predicted octanol–water partition coefficient (Wildman–Crippen LogP) is 3.87. The summed E-state index contributed by atoms with van der Waals surface area (Å²) >= 11 is 0. The Kier molecular flexibility index (Phi) is 5.32. The molecule has 1 aromatic carbocycles. The zero-order valence-corrected chi connectivity index (χ0v) is 14.6. The number of benzene rings is 1. The fraction of sp³-hybridized carbons (Fsp3) is 0.474. The van der Waals surface area contributed by atoms with E-state index in [2.05, 4.69) is 25.7 Å². The second kappa shape index (κ2) is 7.07. The van der Waals surface area contributed by atoms with Crippen molar-refractivity contribution >= 4 is 17.7 Å². The van der Waals surface area contributed by atoms with E-state index in [4.69, 9.17) is 0 Å². The number of aliphatic carboxylic acids is 1. The number of carbonyl (C=O) groups is 2. The largest absolute Gasteiger partial charge is 0.481 e. The summed E-state index contributed by atoms with van der Waals surface area (Å²) in [5.41, 5.74) is 2.05. The van der Waals surface area contributed by atoms with Gasteiger partial charge in [-0.1, -0.05) is 38.1 Å². The minimum absolute atomic E-state index is 0.231. The van der Waals surface area contributed by atoms with Crippen molar-refractivity contribution in [2.75, 3.05) is 18.4 Å². The number of rotatable bonds is 5. The van der Waals surface area contributed by atoms with Crippen LogP contribution in [0.5, 0.6) is 0 Å². The van der Waals surface area contributed by atoms with Crippen LogP contribution in [0.25, 0.3) is 0 Å². The smallest absolute Gasteiger partial charge is 0.321 e. The molecule has 1 fully saturated rings. The Morgan fingerprint density at radius 1 is 1.46 bits per heavy atom. The normalized spacial score (nSPS) is 20.2. The number of allylic oxidation sites excluding steroid dienone is 1. The van der Waals surface area contributed by atoms with Gasteiger partial charge in [0.05, 0.1) is 5.41 Å². The number of urea groups is 1. The summed E-state index contributed by atoms with van der Waals surface area (Å²) in [6, 6.07) is 5.74. The zero-order valence-electron chi connectivity index (χ0n) is 14.6. The third kappa shape index (κ3) is 3.61. The maximum absolute atomic E-state index is 12.7. The molecule has 5 heteroatoms. The van der Waals surface area contributed by atoms with Gasteiger partial charge in [0.2, 0.25) is 0 Å². The van der Waals surface area contributed by atoms with Crippen LogP contribution in [0.4, 0.5) is 10.5 Å². The van der Waals surface area contributed by atoms with Crippen LogP contribution in [0, 0.1) is 5.41 Å². The first-order chi connectivity index (χ1) is 11.3. The molecular weight excluding hydrogens is 304 g/mol. The molecular formula is C19H26N2O3. The molecule has 0 bridgehead atoms. The van der Waals surface area contributed by atoms with Crippen LogP contribution in [0.1, 0.15) is 44.2 Å². The van der Waals surface area contributed by atoms with Crippen molar-refractivity contribution in [1.29, 1.82) is 0 Å². The molecule has 0 spiro atoms. The van der Waals surface area contributed by atoms with E-state index in [-0.39, 0.29) is 18.5 Å². The van der Waals surface area contributed by atoms with Crippen molar-refractivity contribution in [2.45, 2.75) is 39.5 Å². The molecule has 2 rings (SSSR count). The summed E-state index contributed by atoms with van der Waals surface area (Å²) in [6.45, 7) is 10.3. The van der Waals surface area contributed by atoms with E-state index < -0.39 is 11.4 Å². The second-order valence-electron chi connectivity index (χ2n) is 7.00. The number of para-hydroxylation sites is 1. The number of carbonyl (C=O) groups excluding carboxylic acids is 1. The molecule has 0 aliphatic carbocycles. The molecule has 1 atom stereocenters. The van der Waals surface area contributed by atoms with Crippen molar-refractivity contribution in [1.82, 2.24) is 4.90 Å². The van der Waals surface area contributed by atoms with Gasteiger partial charge in [-0.15, -0.1) is 6.58 Å². The Hall–Kier alpha value is -2.30. The van der Waals surface area contributed by atoms with Gasteiger partial charge >= 0.3 is 12.0 Å². The van der Waals surface area contributed by atoms with Crippen LogP contribution >= 0.6 is 0 Å². The summed E-state index contributed by atoms with van der Waals surface area (Å²) in [6.07, 6.45) is 2.95. The average molecular weight is 330 g/mol. The van der Waals surface area contributed by atoms with Gasteiger partial charge < -0.3 is 15.3 Å². The van der Waals surface area contributed by atoms with Crippen molar-refractivity contribution < 1.29 is 14.7 Å². The monoisotopic (exact) mass is 330 g/mol. The number of likely N-dealkylation sites (tertiary alicyclic amines) is 1. The van der Waals surface area contributed by atoms with Gasteiger partial charge in [-0.2, -0.15) is 0 Å². The second-order valence-corrected chi connectivity index (χ2v) is 7.00. The number of carboxylic acids is 1. The summed E-state index contributed by atoms with van der Waals surface area (Å²) in [5.74, 6) is -0.583. The number of hydrogen-bond acceptors (Lipinski definition) is 2. The van der Waals surface area contributed by atoms with Gasteiger partial charge in [0.25, 0.3) is 0 Å². The maximum atomic E-state index is 12.7. The van der Waals surface area contributed by atoms with Crippen LogP contribution in [-0.2, 0) is 11.2 Å². The molecule has 1 aliphatic heterocycles. The summed E-state index contributed by atoms with van der Waals surface area (Å²) < 4.78 is 0. The van der Waals surface area contributed by atoms with Gasteiger partial charge in [-0.25, -0.2) is 4.79 Å². The van der Waals surface area contributed by atoms with E-state index >= 15 is 0 Å². The molecule has 1 saturated heterocycles. The molecule has 2 N–H and O–H groups in total. The van der Waals surface area contributed by atoms with E-state index in [9.17, 15) is 14.7 Å². The predicted molar refractivity (Wildman–Crippen MR) is 95.4 cm³/mol. The molecule has 2 amide bonds. The van der Waals surface area contributed by atoms with Gasteiger partial charge in [0, 0.05) is 18.8 Å². The number of hydrogen-bond donors (Lipinski definition) is 2. The molecule has 1 unspecified atom stereocenters. The van der Waals surface area contributed by atoms with Crippen LogP contribution < -0.4 is 5.32 Å². The third-order valence-corrected chi connectivity index (χ3v) is 4.68. The summed E-state index contributed by atoms with van der Waals surface area (Å²) in [4.78, 5) is 25.6. The molecule has 130 valence electrons. The first-order valence-electron chi connectivity index (χ1n) is 8.30. The minimum Gasteiger partial charge on any atom is -0.481 e. The first kappa shape index (κ1) is 18.0. The Morgan fingerprint density at radius 2 is 2.17 bits per heavy atom. The lowest BCUT2D eigenvalue weighted by Crippen LogP contribution is -2.37. The molecule has 1 heterocycles. The number of nitrogens with zero attached hydrogens (tertiary/aromatic N) is 1.